The fraction of sp³-hybridized carbons (Fsp3) is 1.00. The van der Waals surface area contributed by atoms with Crippen molar-refractivity contribution >= 4 is 0 Å². The van der Waals surface area contributed by atoms with Crippen LogP contribution >= 0.6 is 0 Å². The lowest BCUT2D eigenvalue weighted by atomic mass is 10.0. The Kier molecular flexibility index (Phi) is 8.95. The average Bonchev–Trinajstić information content (AvgIpc) is 2.06. The summed E-state index contributed by atoms with van der Waals surface area (Å²) in [6.45, 7) is 2.51. The van der Waals surface area contributed by atoms with Crippen LogP contribution in [-0.4, -0.2) is 17.8 Å². The Balaban J connectivity index is 3.04. The summed E-state index contributed by atoms with van der Waals surface area (Å²) in [5, 5.41) is 8.55. The monoisotopic (exact) mass is 173 g/mol. The maximum atomic E-state index is 8.55. The third-order valence-electron chi connectivity index (χ3n) is 2.16. The first-order valence-electron chi connectivity index (χ1n) is 5.17. The summed E-state index contributed by atoms with van der Waals surface area (Å²) in [4.78, 5) is 0. The third-order valence-corrected chi connectivity index (χ3v) is 2.16. The van der Waals surface area contributed by atoms with Crippen molar-refractivity contribution in [3.63, 3.8) is 0 Å². The lowest BCUT2D eigenvalue weighted by molar-refractivity contribution is 0.280. The highest BCUT2D eigenvalue weighted by molar-refractivity contribution is 4.60. The van der Waals surface area contributed by atoms with Gasteiger partial charge in [0.25, 0.3) is 0 Å². The van der Waals surface area contributed by atoms with Crippen LogP contribution < -0.4 is 5.73 Å². The summed E-state index contributed by atoms with van der Waals surface area (Å²) in [7, 11) is 0. The second-order valence-electron chi connectivity index (χ2n) is 3.48. The quantitative estimate of drug-likeness (QED) is 0.552. The molecule has 0 aliphatic heterocycles. The van der Waals surface area contributed by atoms with Gasteiger partial charge in [0.2, 0.25) is 0 Å². The summed E-state index contributed by atoms with van der Waals surface area (Å²) in [6.07, 6.45) is 8.03. The van der Waals surface area contributed by atoms with E-state index < -0.39 is 0 Å². The molecule has 74 valence electrons. The molecular formula is C10H23NO. The Morgan fingerprint density at radius 2 is 1.67 bits per heavy atom. The summed E-state index contributed by atoms with van der Waals surface area (Å²) in [5.74, 6) is 0. The van der Waals surface area contributed by atoms with E-state index in [1.807, 2.05) is 0 Å². The van der Waals surface area contributed by atoms with Crippen molar-refractivity contribution in [1.29, 1.82) is 0 Å². The van der Waals surface area contributed by atoms with Gasteiger partial charge in [0.1, 0.15) is 0 Å². The molecule has 1 atom stereocenters. The number of aliphatic hydroxyl groups excluding tert-OH is 1. The highest BCUT2D eigenvalue weighted by Gasteiger charge is 2.00. The van der Waals surface area contributed by atoms with Crippen molar-refractivity contribution in [1.82, 2.24) is 0 Å². The zero-order valence-electron chi connectivity index (χ0n) is 8.26. The molecule has 0 heterocycles. The second kappa shape index (κ2) is 9.01. The number of unbranched alkanes of at least 4 members (excludes halogenated alkanes) is 3. The summed E-state index contributed by atoms with van der Waals surface area (Å²) >= 11 is 0. The molecular weight excluding hydrogens is 150 g/mol. The molecule has 0 spiro atoms. The molecule has 2 heteroatoms. The molecule has 3 N–H and O–H groups in total. The minimum atomic E-state index is 0.307. The molecule has 0 radical (unpaired) electrons. The Hall–Kier alpha value is -0.0800. The van der Waals surface area contributed by atoms with Crippen molar-refractivity contribution < 1.29 is 5.11 Å². The Labute approximate surface area is 76.2 Å². The number of aliphatic hydroxyl groups is 1. The van der Waals surface area contributed by atoms with Crippen LogP contribution in [0.3, 0.4) is 0 Å². The van der Waals surface area contributed by atoms with E-state index in [1.165, 1.54) is 19.3 Å². The van der Waals surface area contributed by atoms with Crippen LogP contribution in [0.25, 0.3) is 0 Å². The summed E-state index contributed by atoms with van der Waals surface area (Å²) in [5.41, 5.74) is 5.87. The van der Waals surface area contributed by atoms with Gasteiger partial charge in [0.05, 0.1) is 0 Å². The van der Waals surface area contributed by atoms with E-state index in [0.717, 1.165) is 25.7 Å². The number of hydrogen-bond acceptors (Lipinski definition) is 2. The number of nitrogens with two attached hydrogens (primary N) is 1. The molecule has 1 unspecified atom stereocenters. The van der Waals surface area contributed by atoms with Crippen molar-refractivity contribution in [2.45, 2.75) is 57.9 Å². The lowest BCUT2D eigenvalue weighted by Gasteiger charge is -2.09. The van der Waals surface area contributed by atoms with Crippen LogP contribution in [0.4, 0.5) is 0 Å². The van der Waals surface area contributed by atoms with Gasteiger partial charge in [0, 0.05) is 12.6 Å². The smallest absolute Gasteiger partial charge is 0.0431 e. The first-order chi connectivity index (χ1) is 5.81. The van der Waals surface area contributed by atoms with Crippen molar-refractivity contribution in [3.05, 3.63) is 0 Å². The van der Waals surface area contributed by atoms with Gasteiger partial charge in [-0.1, -0.05) is 26.2 Å². The molecule has 0 amide bonds. The first-order valence-corrected chi connectivity index (χ1v) is 5.17. The molecule has 0 saturated heterocycles. The third kappa shape index (κ3) is 8.02. The number of hydrogen-bond donors (Lipinski definition) is 2. The molecule has 12 heavy (non-hydrogen) atoms. The van der Waals surface area contributed by atoms with E-state index in [4.69, 9.17) is 10.8 Å². The normalized spacial score (nSPS) is 13.2. The van der Waals surface area contributed by atoms with Crippen LogP contribution in [0.15, 0.2) is 0 Å². The van der Waals surface area contributed by atoms with Crippen LogP contribution in [0.5, 0.6) is 0 Å². The first kappa shape index (κ1) is 11.9. The summed E-state index contributed by atoms with van der Waals surface area (Å²) < 4.78 is 0. The molecule has 0 aromatic heterocycles. The molecule has 0 aromatic rings. The van der Waals surface area contributed by atoms with E-state index in [1.54, 1.807) is 0 Å². The minimum Gasteiger partial charge on any atom is -0.396 e. The van der Waals surface area contributed by atoms with Crippen molar-refractivity contribution in [2.24, 2.45) is 5.73 Å². The largest absolute Gasteiger partial charge is 0.396 e. The Morgan fingerprint density at radius 3 is 2.17 bits per heavy atom. The lowest BCUT2D eigenvalue weighted by Crippen LogP contribution is -2.19. The van der Waals surface area contributed by atoms with Crippen molar-refractivity contribution in [2.75, 3.05) is 6.61 Å². The van der Waals surface area contributed by atoms with E-state index in [0.29, 0.717) is 12.6 Å². The number of rotatable bonds is 8. The van der Waals surface area contributed by atoms with Crippen LogP contribution in [0.2, 0.25) is 0 Å². The maximum absolute atomic E-state index is 8.55. The molecule has 0 aromatic carbocycles. The SMILES string of the molecule is CCCCCC(N)CCCCO. The van der Waals surface area contributed by atoms with E-state index in [-0.39, 0.29) is 0 Å². The predicted octanol–water partition coefficient (Wildman–Crippen LogP) is 2.06. The molecule has 0 aliphatic rings. The molecule has 0 aliphatic carbocycles. The maximum Gasteiger partial charge on any atom is 0.0431 e. The van der Waals surface area contributed by atoms with Gasteiger partial charge >= 0.3 is 0 Å². The molecule has 2 nitrogen and oxygen atoms in total. The van der Waals surface area contributed by atoms with Crippen LogP contribution in [0, 0.1) is 0 Å². The van der Waals surface area contributed by atoms with E-state index in [9.17, 15) is 0 Å². The Morgan fingerprint density at radius 1 is 1.08 bits per heavy atom. The van der Waals surface area contributed by atoms with Gasteiger partial charge in [-0.2, -0.15) is 0 Å². The molecule has 0 rings (SSSR count). The van der Waals surface area contributed by atoms with Gasteiger partial charge in [0.15, 0.2) is 0 Å². The fourth-order valence-electron chi connectivity index (χ4n) is 1.32. The predicted molar refractivity (Wildman–Crippen MR) is 53.1 cm³/mol. The molecule has 0 saturated carbocycles. The van der Waals surface area contributed by atoms with Crippen LogP contribution in [0.1, 0.15) is 51.9 Å². The topological polar surface area (TPSA) is 46.2 Å². The second-order valence-corrected chi connectivity index (χ2v) is 3.48. The summed E-state index contributed by atoms with van der Waals surface area (Å²) in [6, 6.07) is 0.364. The van der Waals surface area contributed by atoms with Gasteiger partial charge in [-0.05, 0) is 25.7 Å². The molecule has 0 fully saturated rings. The van der Waals surface area contributed by atoms with Crippen molar-refractivity contribution in [3.8, 4) is 0 Å². The van der Waals surface area contributed by atoms with Gasteiger partial charge < -0.3 is 10.8 Å². The van der Waals surface area contributed by atoms with Gasteiger partial charge in [-0.15, -0.1) is 0 Å². The minimum absolute atomic E-state index is 0.307. The van der Waals surface area contributed by atoms with Gasteiger partial charge in [-0.25, -0.2) is 0 Å². The zero-order chi connectivity index (χ0) is 9.23. The van der Waals surface area contributed by atoms with E-state index >= 15 is 0 Å². The average molecular weight is 173 g/mol. The van der Waals surface area contributed by atoms with Gasteiger partial charge in [-0.3, -0.25) is 0 Å². The molecule has 0 bridgehead atoms. The fourth-order valence-corrected chi connectivity index (χ4v) is 1.32. The highest BCUT2D eigenvalue weighted by Crippen LogP contribution is 2.07. The standard InChI is InChI=1S/C10H23NO/c1-2-3-4-7-10(11)8-5-6-9-12/h10,12H,2-9,11H2,1H3. The zero-order valence-corrected chi connectivity index (χ0v) is 8.26. The highest BCUT2D eigenvalue weighted by atomic mass is 16.2. The van der Waals surface area contributed by atoms with Crippen LogP contribution in [-0.2, 0) is 0 Å². The Bertz CT molecular complexity index is 75.9. The van der Waals surface area contributed by atoms with E-state index in [2.05, 4.69) is 6.92 Å².